The minimum Gasteiger partial charge on any atom is -0.506 e. The summed E-state index contributed by atoms with van der Waals surface area (Å²) in [6.45, 7) is 0.913. The van der Waals surface area contributed by atoms with Gasteiger partial charge in [-0.25, -0.2) is 12.8 Å². The first-order chi connectivity index (χ1) is 14.8. The zero-order chi connectivity index (χ0) is 22.2. The highest BCUT2D eigenvalue weighted by atomic mass is 32.2. The van der Waals surface area contributed by atoms with Gasteiger partial charge in [-0.1, -0.05) is 6.07 Å². The molecule has 0 atom stereocenters. The van der Waals surface area contributed by atoms with Gasteiger partial charge in [0.25, 0.3) is 5.91 Å². The van der Waals surface area contributed by atoms with E-state index in [4.69, 9.17) is 4.74 Å². The van der Waals surface area contributed by atoms with Gasteiger partial charge in [-0.05, 0) is 43.2 Å². The summed E-state index contributed by atoms with van der Waals surface area (Å²) in [5.41, 5.74) is 0.366. The van der Waals surface area contributed by atoms with E-state index in [1.54, 1.807) is 12.1 Å². The molecular formula is C21H21FN2O5S2. The predicted molar refractivity (Wildman–Crippen MR) is 117 cm³/mol. The van der Waals surface area contributed by atoms with Gasteiger partial charge in [0, 0.05) is 35.8 Å². The number of carbonyl (C=O) groups excluding carboxylic acids is 1. The van der Waals surface area contributed by atoms with Gasteiger partial charge >= 0.3 is 0 Å². The number of thiophene rings is 1. The molecule has 0 saturated carbocycles. The molecule has 7 nitrogen and oxygen atoms in total. The van der Waals surface area contributed by atoms with Crippen molar-refractivity contribution in [3.8, 4) is 5.75 Å². The molecule has 1 fully saturated rings. The molecule has 2 N–H and O–H groups in total. The van der Waals surface area contributed by atoms with E-state index in [0.29, 0.717) is 28.7 Å². The molecule has 0 aliphatic carbocycles. The molecule has 0 bridgehead atoms. The zero-order valence-electron chi connectivity index (χ0n) is 16.7. The van der Waals surface area contributed by atoms with Crippen molar-refractivity contribution in [2.24, 2.45) is 0 Å². The smallest absolute Gasteiger partial charge is 0.266 e. The minimum absolute atomic E-state index is 0.0120. The summed E-state index contributed by atoms with van der Waals surface area (Å²) in [6, 6.07) is 8.37. The number of fused-ring (bicyclic) bond motifs is 1. The van der Waals surface area contributed by atoms with E-state index in [1.807, 2.05) is 0 Å². The number of aromatic hydroxyl groups is 1. The number of hydrogen-bond acceptors (Lipinski definition) is 6. The lowest BCUT2D eigenvalue weighted by atomic mass is 10.1. The van der Waals surface area contributed by atoms with Crippen molar-refractivity contribution >= 4 is 43.0 Å². The monoisotopic (exact) mass is 464 g/mol. The number of carbonyl (C=O) groups is 1. The number of sulfonamides is 1. The Morgan fingerprint density at radius 3 is 2.71 bits per heavy atom. The maximum Gasteiger partial charge on any atom is 0.266 e. The third kappa shape index (κ3) is 4.03. The molecule has 1 aliphatic heterocycles. The van der Waals surface area contributed by atoms with Crippen LogP contribution in [0.25, 0.3) is 10.1 Å². The molecule has 0 spiro atoms. The number of nitrogens with one attached hydrogen (secondary N) is 1. The Morgan fingerprint density at radius 2 is 2.00 bits per heavy atom. The van der Waals surface area contributed by atoms with E-state index in [-0.39, 0.29) is 27.8 Å². The van der Waals surface area contributed by atoms with Gasteiger partial charge in [0.1, 0.15) is 11.6 Å². The predicted octanol–water partition coefficient (Wildman–Crippen LogP) is 3.93. The van der Waals surface area contributed by atoms with Crippen LogP contribution in [0.5, 0.6) is 5.75 Å². The highest BCUT2D eigenvalue weighted by Gasteiger charge is 2.28. The number of anilines is 1. The Kier molecular flexibility index (Phi) is 5.98. The number of ether oxygens (including phenoxy) is 1. The summed E-state index contributed by atoms with van der Waals surface area (Å²) in [7, 11) is -2.27. The van der Waals surface area contributed by atoms with Crippen LogP contribution in [0.4, 0.5) is 10.1 Å². The van der Waals surface area contributed by atoms with Crippen LogP contribution < -0.4 is 5.32 Å². The summed E-state index contributed by atoms with van der Waals surface area (Å²) in [5, 5.41) is 13.1. The van der Waals surface area contributed by atoms with Gasteiger partial charge < -0.3 is 15.2 Å². The fourth-order valence-corrected chi connectivity index (χ4v) is 6.33. The van der Waals surface area contributed by atoms with Gasteiger partial charge in [-0.2, -0.15) is 4.31 Å². The number of phenols is 1. The standard InChI is InChI=1S/C21H21FN2O5S2/c1-29-12-14-19-15(22)5-4-6-18(19)30-20(14)21(26)23-16-11-13(7-8-17(16)25)31(27,28)24-9-2-3-10-24/h4-8,11,25H,2-3,9-10,12H2,1H3,(H,23,26). The summed E-state index contributed by atoms with van der Waals surface area (Å²) >= 11 is 1.10. The van der Waals surface area contributed by atoms with Crippen LogP contribution >= 0.6 is 11.3 Å². The Bertz CT molecular complexity index is 1250. The van der Waals surface area contributed by atoms with Crippen LogP contribution in [-0.2, 0) is 21.4 Å². The Morgan fingerprint density at radius 1 is 1.26 bits per heavy atom. The Labute approximate surface area is 183 Å². The van der Waals surface area contributed by atoms with Crippen LogP contribution in [0.3, 0.4) is 0 Å². The van der Waals surface area contributed by atoms with E-state index in [9.17, 15) is 22.7 Å². The number of methoxy groups -OCH3 is 1. The van der Waals surface area contributed by atoms with Gasteiger partial charge in [0.2, 0.25) is 10.0 Å². The van der Waals surface area contributed by atoms with E-state index < -0.39 is 21.7 Å². The molecule has 164 valence electrons. The van der Waals surface area contributed by atoms with Gasteiger partial charge in [0.15, 0.2) is 0 Å². The normalized spacial score (nSPS) is 14.9. The third-order valence-corrected chi connectivity index (χ3v) is 8.27. The van der Waals surface area contributed by atoms with Crippen molar-refractivity contribution in [1.82, 2.24) is 4.31 Å². The second kappa shape index (κ2) is 8.54. The van der Waals surface area contributed by atoms with Gasteiger partial charge in [-0.3, -0.25) is 4.79 Å². The van der Waals surface area contributed by atoms with E-state index in [0.717, 1.165) is 24.2 Å². The average molecular weight is 465 g/mol. The van der Waals surface area contributed by atoms with E-state index in [2.05, 4.69) is 5.32 Å². The van der Waals surface area contributed by atoms with Crippen molar-refractivity contribution in [2.45, 2.75) is 24.3 Å². The molecule has 2 heterocycles. The Balaban J connectivity index is 1.69. The number of halogens is 1. The van der Waals surface area contributed by atoms with Gasteiger partial charge in [0.05, 0.1) is 22.1 Å². The number of phenolic OH excluding ortho intramolecular Hbond substituents is 1. The molecule has 1 saturated heterocycles. The van der Waals surface area contributed by atoms with E-state index in [1.165, 1.54) is 35.7 Å². The molecule has 1 aliphatic rings. The SMILES string of the molecule is COCc1c(C(=O)Nc2cc(S(=O)(=O)N3CCCC3)ccc2O)sc2cccc(F)c12. The lowest BCUT2D eigenvalue weighted by molar-refractivity contribution is 0.102. The van der Waals surface area contributed by atoms with Crippen LogP contribution in [0.15, 0.2) is 41.3 Å². The van der Waals surface area contributed by atoms with Crippen molar-refractivity contribution in [2.75, 3.05) is 25.5 Å². The topological polar surface area (TPSA) is 95.9 Å². The maximum absolute atomic E-state index is 14.4. The van der Waals surface area contributed by atoms with Crippen LogP contribution in [0.2, 0.25) is 0 Å². The summed E-state index contributed by atoms with van der Waals surface area (Å²) in [6.07, 6.45) is 1.59. The Hall–Kier alpha value is -2.53. The summed E-state index contributed by atoms with van der Waals surface area (Å²) < 4.78 is 47.2. The molecule has 1 amide bonds. The molecule has 0 unspecified atom stereocenters. The maximum atomic E-state index is 14.4. The number of rotatable bonds is 6. The number of benzene rings is 2. The number of hydrogen-bond donors (Lipinski definition) is 2. The van der Waals surface area contributed by atoms with Crippen molar-refractivity contribution in [1.29, 1.82) is 0 Å². The molecule has 3 aromatic rings. The highest BCUT2D eigenvalue weighted by molar-refractivity contribution is 7.89. The first-order valence-electron chi connectivity index (χ1n) is 9.66. The molecule has 4 rings (SSSR count). The van der Waals surface area contributed by atoms with Crippen molar-refractivity contribution < 1.29 is 27.4 Å². The zero-order valence-corrected chi connectivity index (χ0v) is 18.4. The molecular weight excluding hydrogens is 443 g/mol. The van der Waals surface area contributed by atoms with Crippen LogP contribution in [0.1, 0.15) is 28.1 Å². The third-order valence-electron chi connectivity index (χ3n) is 5.18. The molecule has 10 heteroatoms. The molecule has 31 heavy (non-hydrogen) atoms. The van der Waals surface area contributed by atoms with Crippen LogP contribution in [0, 0.1) is 5.82 Å². The highest BCUT2D eigenvalue weighted by Crippen LogP contribution is 2.35. The second-order valence-corrected chi connectivity index (χ2v) is 10.2. The lowest BCUT2D eigenvalue weighted by Gasteiger charge is -2.16. The fraction of sp³-hybridized carbons (Fsp3) is 0.286. The fourth-order valence-electron chi connectivity index (χ4n) is 3.67. The first kappa shape index (κ1) is 21.7. The number of amides is 1. The number of nitrogens with zero attached hydrogens (tertiary/aromatic N) is 1. The second-order valence-electron chi connectivity index (χ2n) is 7.20. The minimum atomic E-state index is -3.72. The van der Waals surface area contributed by atoms with Crippen LogP contribution in [-0.4, -0.2) is 43.9 Å². The van der Waals surface area contributed by atoms with Gasteiger partial charge in [-0.15, -0.1) is 11.3 Å². The van der Waals surface area contributed by atoms with Crippen molar-refractivity contribution in [3.05, 3.63) is 52.7 Å². The quantitative estimate of drug-likeness (QED) is 0.539. The average Bonchev–Trinajstić information content (AvgIpc) is 3.39. The molecule has 1 aromatic heterocycles. The molecule has 2 aromatic carbocycles. The first-order valence-corrected chi connectivity index (χ1v) is 11.9. The van der Waals surface area contributed by atoms with Crippen molar-refractivity contribution in [3.63, 3.8) is 0 Å². The summed E-state index contributed by atoms with van der Waals surface area (Å²) in [4.78, 5) is 13.2. The lowest BCUT2D eigenvalue weighted by Crippen LogP contribution is -2.28. The summed E-state index contributed by atoms with van der Waals surface area (Å²) in [5.74, 6) is -1.31. The molecule has 0 radical (unpaired) electrons. The largest absolute Gasteiger partial charge is 0.506 e. The van der Waals surface area contributed by atoms with E-state index >= 15 is 0 Å².